The lowest BCUT2D eigenvalue weighted by molar-refractivity contribution is 0.102. The van der Waals surface area contributed by atoms with Crippen molar-refractivity contribution in [1.82, 2.24) is 9.97 Å². The first-order chi connectivity index (χ1) is 8.95. The summed E-state index contributed by atoms with van der Waals surface area (Å²) in [5.41, 5.74) is 0.130. The smallest absolute Gasteiger partial charge is 0.258 e. The van der Waals surface area contributed by atoms with Crippen LogP contribution in [-0.4, -0.2) is 15.9 Å². The first-order valence-electron chi connectivity index (χ1n) is 4.92. The average molecular weight is 365 g/mol. The summed E-state index contributed by atoms with van der Waals surface area (Å²) in [6, 6.07) is 5.10. The Balaban J connectivity index is 2.28. The molecule has 2 aromatic rings. The molecule has 1 aromatic carbocycles. The topological polar surface area (TPSA) is 54.9 Å². The van der Waals surface area contributed by atoms with E-state index in [-0.39, 0.29) is 21.8 Å². The molecule has 1 amide bonds. The van der Waals surface area contributed by atoms with Crippen molar-refractivity contribution in [2.75, 3.05) is 5.32 Å². The van der Waals surface area contributed by atoms with Gasteiger partial charge < -0.3 is 5.32 Å². The van der Waals surface area contributed by atoms with Crippen LogP contribution in [0.15, 0.2) is 28.7 Å². The van der Waals surface area contributed by atoms with Gasteiger partial charge in [-0.3, -0.25) is 4.79 Å². The Morgan fingerprint density at radius 1 is 1.26 bits per heavy atom. The molecule has 8 heteroatoms. The number of halogens is 4. The van der Waals surface area contributed by atoms with Crippen LogP contribution < -0.4 is 5.32 Å². The Bertz CT molecular complexity index is 634. The minimum atomic E-state index is -0.544. The quantitative estimate of drug-likeness (QED) is 0.648. The largest absolute Gasteiger partial charge is 0.306 e. The number of rotatable bonds is 2. The van der Waals surface area contributed by atoms with E-state index in [0.717, 1.165) is 6.07 Å². The highest BCUT2D eigenvalue weighted by Gasteiger charge is 2.13. The van der Waals surface area contributed by atoms with Gasteiger partial charge in [-0.15, -0.1) is 0 Å². The fraction of sp³-hybridized carbons (Fsp3) is 0. The van der Waals surface area contributed by atoms with Crippen molar-refractivity contribution in [3.63, 3.8) is 0 Å². The first-order valence-corrected chi connectivity index (χ1v) is 6.47. The van der Waals surface area contributed by atoms with Gasteiger partial charge in [-0.2, -0.15) is 0 Å². The predicted molar refractivity (Wildman–Crippen MR) is 74.1 cm³/mol. The number of hydrogen-bond acceptors (Lipinski definition) is 3. The molecule has 0 atom stereocenters. The highest BCUT2D eigenvalue weighted by molar-refractivity contribution is 9.10. The van der Waals surface area contributed by atoms with Crippen LogP contribution in [0.3, 0.4) is 0 Å². The Morgan fingerprint density at radius 3 is 2.68 bits per heavy atom. The first kappa shape index (κ1) is 14.2. The molecule has 0 unspecified atom stereocenters. The van der Waals surface area contributed by atoms with Crippen LogP contribution in [0.25, 0.3) is 0 Å². The van der Waals surface area contributed by atoms with Crippen molar-refractivity contribution >= 4 is 50.9 Å². The molecule has 0 bridgehead atoms. The van der Waals surface area contributed by atoms with E-state index in [4.69, 9.17) is 23.2 Å². The fourth-order valence-electron chi connectivity index (χ4n) is 1.31. The molecular weight excluding hydrogens is 360 g/mol. The van der Waals surface area contributed by atoms with Gasteiger partial charge in [0.2, 0.25) is 5.28 Å². The molecular formula is C11H5BrCl2FN3O. The van der Waals surface area contributed by atoms with Crippen molar-refractivity contribution in [3.8, 4) is 0 Å². The minimum Gasteiger partial charge on any atom is -0.306 e. The molecule has 0 saturated heterocycles. The number of nitrogens with one attached hydrogen (secondary N) is 1. The average Bonchev–Trinajstić information content (AvgIpc) is 2.30. The number of aromatic nitrogens is 2. The SMILES string of the molecule is O=C(Nc1cc(Cl)nc(Cl)n1)c1cc(F)ccc1Br. The summed E-state index contributed by atoms with van der Waals surface area (Å²) in [5.74, 6) is -0.935. The number of hydrogen-bond donors (Lipinski definition) is 1. The van der Waals surface area contributed by atoms with Gasteiger partial charge >= 0.3 is 0 Å². The van der Waals surface area contributed by atoms with Crippen LogP contribution in [0.5, 0.6) is 0 Å². The van der Waals surface area contributed by atoms with Crippen molar-refractivity contribution in [2.45, 2.75) is 0 Å². The maximum absolute atomic E-state index is 13.1. The van der Waals surface area contributed by atoms with E-state index in [9.17, 15) is 9.18 Å². The lowest BCUT2D eigenvalue weighted by Crippen LogP contribution is -2.14. The van der Waals surface area contributed by atoms with Crippen molar-refractivity contribution in [3.05, 3.63) is 50.6 Å². The predicted octanol–water partition coefficient (Wildman–Crippen LogP) is 3.94. The van der Waals surface area contributed by atoms with Crippen LogP contribution in [0, 0.1) is 5.82 Å². The van der Waals surface area contributed by atoms with E-state index >= 15 is 0 Å². The van der Waals surface area contributed by atoms with Crippen LogP contribution in [-0.2, 0) is 0 Å². The number of anilines is 1. The molecule has 1 N–H and O–H groups in total. The number of amides is 1. The molecule has 0 saturated carbocycles. The third kappa shape index (κ3) is 3.62. The summed E-state index contributed by atoms with van der Waals surface area (Å²) >= 11 is 14.4. The van der Waals surface area contributed by atoms with Crippen molar-refractivity contribution < 1.29 is 9.18 Å². The van der Waals surface area contributed by atoms with E-state index in [1.54, 1.807) is 0 Å². The highest BCUT2D eigenvalue weighted by Crippen LogP contribution is 2.20. The summed E-state index contributed by atoms with van der Waals surface area (Å²) < 4.78 is 13.6. The monoisotopic (exact) mass is 363 g/mol. The number of carbonyl (C=O) groups is 1. The fourth-order valence-corrected chi connectivity index (χ4v) is 2.14. The van der Waals surface area contributed by atoms with Crippen LogP contribution in [0.1, 0.15) is 10.4 Å². The van der Waals surface area contributed by atoms with Gasteiger partial charge in [-0.05, 0) is 45.7 Å². The Kier molecular flexibility index (Phi) is 4.34. The molecule has 0 aliphatic rings. The van der Waals surface area contributed by atoms with E-state index in [1.165, 1.54) is 18.2 Å². The van der Waals surface area contributed by atoms with Crippen LogP contribution in [0.4, 0.5) is 10.2 Å². The van der Waals surface area contributed by atoms with E-state index in [1.807, 2.05) is 0 Å². The summed E-state index contributed by atoms with van der Waals surface area (Å²) in [6.45, 7) is 0. The van der Waals surface area contributed by atoms with E-state index in [0.29, 0.717) is 4.47 Å². The molecule has 0 fully saturated rings. The summed E-state index contributed by atoms with van der Waals surface area (Å²) in [4.78, 5) is 19.4. The second-order valence-electron chi connectivity index (χ2n) is 3.42. The third-order valence-electron chi connectivity index (χ3n) is 2.08. The van der Waals surface area contributed by atoms with E-state index < -0.39 is 11.7 Å². The number of benzene rings is 1. The number of nitrogens with zero attached hydrogens (tertiary/aromatic N) is 2. The van der Waals surface area contributed by atoms with Crippen LogP contribution in [0.2, 0.25) is 10.4 Å². The highest BCUT2D eigenvalue weighted by atomic mass is 79.9. The Hall–Kier alpha value is -1.24. The van der Waals surface area contributed by atoms with Gasteiger partial charge in [-0.25, -0.2) is 14.4 Å². The maximum Gasteiger partial charge on any atom is 0.258 e. The molecule has 2 rings (SSSR count). The standard InChI is InChI=1S/C11H5BrCl2FN3O/c12-7-2-1-5(15)3-6(7)10(19)17-9-4-8(13)16-11(14)18-9/h1-4H,(H,16,17,18,19). The molecule has 0 aliphatic carbocycles. The zero-order chi connectivity index (χ0) is 14.0. The zero-order valence-corrected chi connectivity index (χ0v) is 12.2. The van der Waals surface area contributed by atoms with Gasteiger partial charge in [0, 0.05) is 10.5 Å². The maximum atomic E-state index is 13.1. The molecule has 0 spiro atoms. The minimum absolute atomic E-state index is 0.0913. The summed E-state index contributed by atoms with van der Waals surface area (Å²) in [5, 5.41) is 2.45. The lowest BCUT2D eigenvalue weighted by atomic mass is 10.2. The van der Waals surface area contributed by atoms with Gasteiger partial charge in [-0.1, -0.05) is 11.6 Å². The van der Waals surface area contributed by atoms with Gasteiger partial charge in [0.25, 0.3) is 5.91 Å². The molecule has 4 nitrogen and oxygen atoms in total. The second kappa shape index (κ2) is 5.81. The molecule has 19 heavy (non-hydrogen) atoms. The van der Waals surface area contributed by atoms with E-state index in [2.05, 4.69) is 31.2 Å². The molecule has 1 aromatic heterocycles. The second-order valence-corrected chi connectivity index (χ2v) is 5.00. The van der Waals surface area contributed by atoms with Gasteiger partial charge in [0.1, 0.15) is 16.8 Å². The normalized spacial score (nSPS) is 10.3. The Morgan fingerprint density at radius 2 is 2.00 bits per heavy atom. The molecule has 1 heterocycles. The molecule has 0 radical (unpaired) electrons. The lowest BCUT2D eigenvalue weighted by Gasteiger charge is -2.06. The van der Waals surface area contributed by atoms with Crippen molar-refractivity contribution in [1.29, 1.82) is 0 Å². The Labute approximate surface area is 126 Å². The summed E-state index contributed by atoms with van der Waals surface area (Å²) in [7, 11) is 0. The zero-order valence-electron chi connectivity index (χ0n) is 9.12. The van der Waals surface area contributed by atoms with Crippen molar-refractivity contribution in [2.24, 2.45) is 0 Å². The van der Waals surface area contributed by atoms with Gasteiger partial charge in [0.15, 0.2) is 0 Å². The van der Waals surface area contributed by atoms with Gasteiger partial charge in [0.05, 0.1) is 5.56 Å². The number of carbonyl (C=O) groups excluding carboxylic acids is 1. The molecule has 0 aliphatic heterocycles. The third-order valence-corrected chi connectivity index (χ3v) is 3.14. The molecule has 98 valence electrons. The van der Waals surface area contributed by atoms with Crippen LogP contribution >= 0.6 is 39.1 Å². The summed E-state index contributed by atoms with van der Waals surface area (Å²) in [6.07, 6.45) is 0.